The highest BCUT2D eigenvalue weighted by Crippen LogP contribution is 2.22. The van der Waals surface area contributed by atoms with Crippen molar-refractivity contribution in [3.63, 3.8) is 0 Å². The molecule has 94 valence electrons. The molecule has 1 aromatic carbocycles. The van der Waals surface area contributed by atoms with Gasteiger partial charge in [-0.2, -0.15) is 0 Å². The van der Waals surface area contributed by atoms with Gasteiger partial charge in [0.2, 0.25) is 0 Å². The predicted octanol–water partition coefficient (Wildman–Crippen LogP) is 3.16. The minimum atomic E-state index is -0.446. The molecule has 1 heterocycles. The molecule has 0 aliphatic carbocycles. The van der Waals surface area contributed by atoms with Gasteiger partial charge in [-0.15, -0.1) is 0 Å². The molecule has 1 fully saturated rings. The van der Waals surface area contributed by atoms with Crippen LogP contribution in [-0.2, 0) is 9.47 Å². The average molecular weight is 347 g/mol. The average Bonchev–Trinajstić information content (AvgIpc) is 2.26. The first-order valence-corrected chi connectivity index (χ1v) is 6.85. The van der Waals surface area contributed by atoms with E-state index >= 15 is 0 Å². The highest BCUT2D eigenvalue weighted by atomic mass is 127. The molecule has 0 bridgehead atoms. The SMILES string of the molecule is Cc1ccc(I)cc1NC1COC(C)(C)OC1. The third-order valence-corrected chi connectivity index (χ3v) is 3.49. The Kier molecular flexibility index (Phi) is 3.95. The fourth-order valence-corrected chi connectivity index (χ4v) is 2.24. The van der Waals surface area contributed by atoms with Crippen LogP contribution in [0.25, 0.3) is 0 Å². The number of hydrogen-bond donors (Lipinski definition) is 1. The summed E-state index contributed by atoms with van der Waals surface area (Å²) in [7, 11) is 0. The summed E-state index contributed by atoms with van der Waals surface area (Å²) in [5, 5.41) is 3.47. The van der Waals surface area contributed by atoms with Crippen molar-refractivity contribution in [1.29, 1.82) is 0 Å². The van der Waals surface area contributed by atoms with Gasteiger partial charge in [0.05, 0.1) is 19.3 Å². The number of hydrogen-bond acceptors (Lipinski definition) is 3. The van der Waals surface area contributed by atoms with Crippen LogP contribution in [0.1, 0.15) is 19.4 Å². The molecule has 1 aromatic rings. The van der Waals surface area contributed by atoms with Crippen LogP contribution < -0.4 is 5.32 Å². The van der Waals surface area contributed by atoms with Gasteiger partial charge in [-0.1, -0.05) is 6.07 Å². The van der Waals surface area contributed by atoms with E-state index in [2.05, 4.69) is 53.0 Å². The van der Waals surface area contributed by atoms with Gasteiger partial charge in [0.15, 0.2) is 5.79 Å². The van der Waals surface area contributed by atoms with E-state index in [-0.39, 0.29) is 6.04 Å². The van der Waals surface area contributed by atoms with Crippen molar-refractivity contribution in [2.75, 3.05) is 18.5 Å². The third kappa shape index (κ3) is 3.56. The monoisotopic (exact) mass is 347 g/mol. The van der Waals surface area contributed by atoms with Crippen molar-refractivity contribution in [1.82, 2.24) is 0 Å². The standard InChI is InChI=1S/C13H18INO2/c1-9-4-5-10(14)6-12(9)15-11-7-16-13(2,3)17-8-11/h4-6,11,15H,7-8H2,1-3H3. The molecule has 4 heteroatoms. The lowest BCUT2D eigenvalue weighted by Gasteiger charge is -2.35. The fraction of sp³-hybridized carbons (Fsp3) is 0.538. The van der Waals surface area contributed by atoms with E-state index in [4.69, 9.17) is 9.47 Å². The Hall–Kier alpha value is -0.330. The summed E-state index contributed by atoms with van der Waals surface area (Å²) in [5.74, 6) is -0.446. The minimum absolute atomic E-state index is 0.222. The van der Waals surface area contributed by atoms with Gasteiger partial charge in [-0.25, -0.2) is 0 Å². The lowest BCUT2D eigenvalue weighted by atomic mass is 10.1. The molecule has 0 unspecified atom stereocenters. The Morgan fingerprint density at radius 3 is 2.59 bits per heavy atom. The van der Waals surface area contributed by atoms with E-state index < -0.39 is 5.79 Å². The normalized spacial score (nSPS) is 20.2. The lowest BCUT2D eigenvalue weighted by Crippen LogP contribution is -2.45. The first-order chi connectivity index (χ1) is 7.96. The van der Waals surface area contributed by atoms with E-state index in [1.807, 2.05) is 13.8 Å². The zero-order chi connectivity index (χ0) is 12.5. The number of anilines is 1. The summed E-state index contributed by atoms with van der Waals surface area (Å²) < 4.78 is 12.5. The number of ether oxygens (including phenoxy) is 2. The Morgan fingerprint density at radius 2 is 1.94 bits per heavy atom. The van der Waals surface area contributed by atoms with E-state index in [0.717, 1.165) is 5.69 Å². The molecule has 2 rings (SSSR count). The van der Waals surface area contributed by atoms with Gasteiger partial charge in [-0.05, 0) is 61.1 Å². The Balaban J connectivity index is 2.00. The van der Waals surface area contributed by atoms with Crippen LogP contribution in [0.5, 0.6) is 0 Å². The molecule has 17 heavy (non-hydrogen) atoms. The van der Waals surface area contributed by atoms with Gasteiger partial charge < -0.3 is 14.8 Å². The van der Waals surface area contributed by atoms with E-state index in [9.17, 15) is 0 Å². The molecule has 0 saturated carbocycles. The minimum Gasteiger partial charge on any atom is -0.377 e. The van der Waals surface area contributed by atoms with Gasteiger partial charge in [0.25, 0.3) is 0 Å². The summed E-state index contributed by atoms with van der Waals surface area (Å²) in [5.41, 5.74) is 2.41. The van der Waals surface area contributed by atoms with Crippen LogP contribution in [0.3, 0.4) is 0 Å². The molecule has 1 N–H and O–H groups in total. The maximum atomic E-state index is 5.63. The van der Waals surface area contributed by atoms with Crippen LogP contribution in [0, 0.1) is 10.5 Å². The van der Waals surface area contributed by atoms with E-state index in [1.54, 1.807) is 0 Å². The van der Waals surface area contributed by atoms with Crippen LogP contribution >= 0.6 is 22.6 Å². The summed E-state index contributed by atoms with van der Waals surface area (Å²) in [6.07, 6.45) is 0. The van der Waals surface area contributed by atoms with E-state index in [0.29, 0.717) is 13.2 Å². The number of rotatable bonds is 2. The number of benzene rings is 1. The number of aryl methyl sites for hydroxylation is 1. The molecule has 0 radical (unpaired) electrons. The summed E-state index contributed by atoms with van der Waals surface area (Å²) in [4.78, 5) is 0. The molecule has 1 saturated heterocycles. The molecule has 1 aliphatic rings. The second-order valence-electron chi connectivity index (χ2n) is 4.82. The largest absolute Gasteiger partial charge is 0.377 e. The van der Waals surface area contributed by atoms with Gasteiger partial charge in [-0.3, -0.25) is 0 Å². The first-order valence-electron chi connectivity index (χ1n) is 5.77. The van der Waals surface area contributed by atoms with Crippen LogP contribution in [0.15, 0.2) is 18.2 Å². The van der Waals surface area contributed by atoms with Crippen molar-refractivity contribution < 1.29 is 9.47 Å². The molecule has 0 aromatic heterocycles. The zero-order valence-electron chi connectivity index (χ0n) is 10.4. The van der Waals surface area contributed by atoms with Crippen LogP contribution in [0.2, 0.25) is 0 Å². The number of nitrogens with one attached hydrogen (secondary N) is 1. The van der Waals surface area contributed by atoms with Gasteiger partial charge >= 0.3 is 0 Å². The quantitative estimate of drug-likeness (QED) is 0.834. The maximum absolute atomic E-state index is 5.63. The van der Waals surface area contributed by atoms with Crippen LogP contribution in [-0.4, -0.2) is 25.0 Å². The summed E-state index contributed by atoms with van der Waals surface area (Å²) >= 11 is 2.32. The zero-order valence-corrected chi connectivity index (χ0v) is 12.6. The topological polar surface area (TPSA) is 30.5 Å². The Morgan fingerprint density at radius 1 is 1.29 bits per heavy atom. The molecular weight excluding hydrogens is 329 g/mol. The highest BCUT2D eigenvalue weighted by Gasteiger charge is 2.28. The summed E-state index contributed by atoms with van der Waals surface area (Å²) in [6.45, 7) is 7.35. The third-order valence-electron chi connectivity index (χ3n) is 2.82. The first kappa shape index (κ1) is 13.1. The van der Waals surface area contributed by atoms with E-state index in [1.165, 1.54) is 9.13 Å². The summed E-state index contributed by atoms with van der Waals surface area (Å²) in [6, 6.07) is 6.60. The van der Waals surface area contributed by atoms with Crippen molar-refractivity contribution >= 4 is 28.3 Å². The van der Waals surface area contributed by atoms with Crippen molar-refractivity contribution in [3.05, 3.63) is 27.3 Å². The van der Waals surface area contributed by atoms with Crippen LogP contribution in [0.4, 0.5) is 5.69 Å². The van der Waals surface area contributed by atoms with Crippen molar-refractivity contribution in [3.8, 4) is 0 Å². The predicted molar refractivity (Wildman–Crippen MR) is 77.3 cm³/mol. The van der Waals surface area contributed by atoms with Crippen molar-refractivity contribution in [2.24, 2.45) is 0 Å². The second-order valence-corrected chi connectivity index (χ2v) is 6.07. The van der Waals surface area contributed by atoms with Crippen molar-refractivity contribution in [2.45, 2.75) is 32.6 Å². The highest BCUT2D eigenvalue weighted by molar-refractivity contribution is 14.1. The molecule has 3 nitrogen and oxygen atoms in total. The Bertz CT molecular complexity index is 396. The second kappa shape index (κ2) is 5.12. The smallest absolute Gasteiger partial charge is 0.162 e. The lowest BCUT2D eigenvalue weighted by molar-refractivity contribution is -0.247. The molecule has 1 aliphatic heterocycles. The maximum Gasteiger partial charge on any atom is 0.162 e. The Labute approximate surface area is 116 Å². The fourth-order valence-electron chi connectivity index (χ4n) is 1.75. The molecular formula is C13H18INO2. The number of halogens is 1. The molecule has 0 amide bonds. The molecule has 0 spiro atoms. The van der Waals surface area contributed by atoms with Gasteiger partial charge in [0, 0.05) is 9.26 Å². The van der Waals surface area contributed by atoms with Gasteiger partial charge in [0.1, 0.15) is 0 Å². The molecule has 0 atom stereocenters.